The van der Waals surface area contributed by atoms with Gasteiger partial charge in [0.15, 0.2) is 0 Å². The molecule has 0 aliphatic carbocycles. The lowest BCUT2D eigenvalue weighted by Crippen LogP contribution is -3.00. The van der Waals surface area contributed by atoms with Crippen molar-refractivity contribution in [3.8, 4) is 0 Å². The number of hydroxylamine groups is 4. The average Bonchev–Trinajstić information content (AvgIpc) is 2.96. The van der Waals surface area contributed by atoms with Crippen LogP contribution in [-0.4, -0.2) is 38.2 Å². The van der Waals surface area contributed by atoms with Gasteiger partial charge in [0.05, 0.1) is 0 Å². The van der Waals surface area contributed by atoms with E-state index in [1.807, 2.05) is 0 Å². The van der Waals surface area contributed by atoms with Crippen LogP contribution in [0.3, 0.4) is 0 Å². The number of halogens is 1. The summed E-state index contributed by atoms with van der Waals surface area (Å²) in [6.45, 7) is 7.70. The van der Waals surface area contributed by atoms with Crippen LogP contribution >= 0.6 is 0 Å². The fourth-order valence-corrected chi connectivity index (χ4v) is 5.65. The Morgan fingerprint density at radius 2 is 0.634 bits per heavy atom. The van der Waals surface area contributed by atoms with E-state index in [2.05, 4.69) is 20.9 Å². The standard InChI is InChI=1S/C36H77N2O2.BrH/c1-4-6-8-10-12-14-16-18-20-22-24-26-28-30-35-39-38(3,34-32-33-37)40-36-31-29-27-25-23-21-19-17-15-13-11-9-7-5-2;/h4-37H2,1-3H3;1H/q+1;/p-1. The van der Waals surface area contributed by atoms with Crippen molar-refractivity contribution in [1.29, 1.82) is 0 Å². The molecule has 0 spiro atoms. The molecule has 0 radical (unpaired) electrons. The summed E-state index contributed by atoms with van der Waals surface area (Å²) in [5, 5.41) is 0. The lowest BCUT2D eigenvalue weighted by Gasteiger charge is -2.28. The maximum atomic E-state index is 6.22. The van der Waals surface area contributed by atoms with Crippen LogP contribution in [0.25, 0.3) is 0 Å². The Kier molecular flexibility index (Phi) is 38.7. The predicted molar refractivity (Wildman–Crippen MR) is 177 cm³/mol. The topological polar surface area (TPSA) is 44.5 Å². The minimum Gasteiger partial charge on any atom is -1.00 e. The number of quaternary nitrogens is 1. The highest BCUT2D eigenvalue weighted by molar-refractivity contribution is 4.50. The molecule has 2 N–H and O–H groups in total. The molecule has 0 heterocycles. The minimum atomic E-state index is 0. The highest BCUT2D eigenvalue weighted by Crippen LogP contribution is 2.16. The van der Waals surface area contributed by atoms with Crippen molar-refractivity contribution in [3.63, 3.8) is 0 Å². The van der Waals surface area contributed by atoms with E-state index in [0.29, 0.717) is 6.54 Å². The number of unbranched alkanes of at least 4 members (excludes halogenated alkanes) is 26. The van der Waals surface area contributed by atoms with E-state index in [0.717, 1.165) is 39.0 Å². The molecule has 0 fully saturated rings. The lowest BCUT2D eigenvalue weighted by atomic mass is 10.0. The molecule has 250 valence electrons. The molecule has 0 amide bonds. The van der Waals surface area contributed by atoms with Gasteiger partial charge in [-0.05, 0) is 24.2 Å². The van der Waals surface area contributed by atoms with Gasteiger partial charge in [0, 0.05) is 6.42 Å². The highest BCUT2D eigenvalue weighted by Gasteiger charge is 2.25. The van der Waals surface area contributed by atoms with E-state index in [1.165, 1.54) is 167 Å². The number of rotatable bonds is 35. The first-order valence-electron chi connectivity index (χ1n) is 18.5. The largest absolute Gasteiger partial charge is 1.00 e. The first kappa shape index (κ1) is 43.4. The molecular formula is C36H77BrN2O2. The molecule has 0 aromatic rings. The second-order valence-electron chi connectivity index (χ2n) is 12.7. The van der Waals surface area contributed by atoms with Crippen molar-refractivity contribution < 1.29 is 31.5 Å². The van der Waals surface area contributed by atoms with E-state index < -0.39 is 0 Å². The van der Waals surface area contributed by atoms with Gasteiger partial charge >= 0.3 is 0 Å². The van der Waals surface area contributed by atoms with Crippen LogP contribution in [0.15, 0.2) is 0 Å². The van der Waals surface area contributed by atoms with E-state index >= 15 is 0 Å². The summed E-state index contributed by atoms with van der Waals surface area (Å²) in [5.41, 5.74) is 5.79. The first-order chi connectivity index (χ1) is 19.7. The molecule has 0 unspecified atom stereocenters. The van der Waals surface area contributed by atoms with E-state index in [4.69, 9.17) is 15.4 Å². The molecule has 0 bridgehead atoms. The summed E-state index contributed by atoms with van der Waals surface area (Å²) in [6, 6.07) is 0. The number of nitrogens with zero attached hydrogens (tertiary/aromatic N) is 1. The molecule has 0 aliphatic heterocycles. The molecule has 0 saturated carbocycles. The molecule has 0 aliphatic rings. The van der Waals surface area contributed by atoms with Gasteiger partial charge in [-0.25, -0.2) is 0 Å². The number of hydrogen-bond acceptors (Lipinski definition) is 3. The Morgan fingerprint density at radius 3 is 0.878 bits per heavy atom. The monoisotopic (exact) mass is 649 g/mol. The zero-order chi connectivity index (χ0) is 29.2. The van der Waals surface area contributed by atoms with Gasteiger partial charge in [0.25, 0.3) is 0 Å². The van der Waals surface area contributed by atoms with Crippen LogP contribution in [0.1, 0.15) is 200 Å². The molecule has 5 heteroatoms. The molecule has 0 aromatic heterocycles. The highest BCUT2D eigenvalue weighted by atomic mass is 79.9. The quantitative estimate of drug-likeness (QED) is 0.0425. The summed E-state index contributed by atoms with van der Waals surface area (Å²) in [4.78, 5) is 12.7. The zero-order valence-electron chi connectivity index (χ0n) is 28.6. The third-order valence-corrected chi connectivity index (χ3v) is 8.49. The predicted octanol–water partition coefficient (Wildman–Crippen LogP) is 8.61. The van der Waals surface area contributed by atoms with Crippen LogP contribution < -0.4 is 22.7 Å². The SMILES string of the molecule is CCCCCCCCCCCCCCCCO[N+](C)(CCCN)OCCCCCCCCCCCCCCCC.[Br-]. The van der Waals surface area contributed by atoms with Gasteiger partial charge in [-0.15, -0.1) is 0 Å². The van der Waals surface area contributed by atoms with Gasteiger partial charge < -0.3 is 22.7 Å². The van der Waals surface area contributed by atoms with Crippen LogP contribution in [-0.2, 0) is 9.68 Å². The molecular weight excluding hydrogens is 572 g/mol. The Morgan fingerprint density at radius 1 is 0.390 bits per heavy atom. The Labute approximate surface area is 269 Å². The van der Waals surface area contributed by atoms with Crippen molar-refractivity contribution in [1.82, 2.24) is 0 Å². The fraction of sp³-hybridized carbons (Fsp3) is 1.00. The van der Waals surface area contributed by atoms with Gasteiger partial charge in [0.1, 0.15) is 26.8 Å². The van der Waals surface area contributed by atoms with Crippen molar-refractivity contribution in [2.24, 2.45) is 5.73 Å². The second kappa shape index (κ2) is 36.5. The average molecular weight is 650 g/mol. The summed E-state index contributed by atoms with van der Waals surface area (Å²) in [7, 11) is 2.07. The number of nitrogens with two attached hydrogens (primary N) is 1. The van der Waals surface area contributed by atoms with E-state index in [1.54, 1.807) is 0 Å². The summed E-state index contributed by atoms with van der Waals surface area (Å²) >= 11 is 0. The normalized spacial score (nSPS) is 11.7. The number of hydrogen-bond donors (Lipinski definition) is 1. The molecule has 0 saturated heterocycles. The maximum Gasteiger partial charge on any atom is 0.143 e. The third-order valence-electron chi connectivity index (χ3n) is 8.49. The van der Waals surface area contributed by atoms with Crippen molar-refractivity contribution in [2.75, 3.05) is 33.4 Å². The molecule has 0 atom stereocenters. The van der Waals surface area contributed by atoms with Crippen molar-refractivity contribution >= 4 is 0 Å². The van der Waals surface area contributed by atoms with Crippen LogP contribution in [0, 0.1) is 0 Å². The van der Waals surface area contributed by atoms with Gasteiger partial charge in [-0.2, -0.15) is 9.68 Å². The first-order valence-corrected chi connectivity index (χ1v) is 18.5. The summed E-state index contributed by atoms with van der Waals surface area (Å²) in [5.74, 6) is 0. The van der Waals surface area contributed by atoms with Crippen LogP contribution in [0.4, 0.5) is 0 Å². The minimum absolute atomic E-state index is 0. The van der Waals surface area contributed by atoms with Crippen molar-refractivity contribution in [2.45, 2.75) is 200 Å². The van der Waals surface area contributed by atoms with Gasteiger partial charge in [-0.1, -0.05) is 181 Å². The lowest BCUT2D eigenvalue weighted by molar-refractivity contribution is -1.23. The molecule has 4 nitrogen and oxygen atoms in total. The van der Waals surface area contributed by atoms with Crippen LogP contribution in [0.5, 0.6) is 0 Å². The molecule has 0 aromatic carbocycles. The molecule has 41 heavy (non-hydrogen) atoms. The third kappa shape index (κ3) is 34.7. The van der Waals surface area contributed by atoms with Gasteiger partial charge in [0.2, 0.25) is 0 Å². The summed E-state index contributed by atoms with van der Waals surface area (Å²) < 4.78 is 0. The van der Waals surface area contributed by atoms with Crippen molar-refractivity contribution in [3.05, 3.63) is 0 Å². The smallest absolute Gasteiger partial charge is 0.143 e. The van der Waals surface area contributed by atoms with Crippen LogP contribution in [0.2, 0.25) is 0 Å². The second-order valence-corrected chi connectivity index (χ2v) is 12.7. The van der Waals surface area contributed by atoms with E-state index in [-0.39, 0.29) is 21.8 Å². The summed E-state index contributed by atoms with van der Waals surface area (Å²) in [6.07, 6.45) is 39.7. The molecule has 0 rings (SSSR count). The fourth-order valence-electron chi connectivity index (χ4n) is 5.65. The van der Waals surface area contributed by atoms with E-state index in [9.17, 15) is 0 Å². The Hall–Kier alpha value is 0.320. The van der Waals surface area contributed by atoms with Gasteiger partial charge in [-0.3, -0.25) is 0 Å². The Bertz CT molecular complexity index is 433. The maximum absolute atomic E-state index is 6.22. The Balaban J connectivity index is 0. The zero-order valence-corrected chi connectivity index (χ0v) is 30.1.